The second kappa shape index (κ2) is 6.81. The first kappa shape index (κ1) is 16.1. The van der Waals surface area contributed by atoms with Crippen molar-refractivity contribution in [3.8, 4) is 0 Å². The van der Waals surface area contributed by atoms with Crippen LogP contribution in [0, 0.1) is 0 Å². The van der Waals surface area contributed by atoms with Crippen LogP contribution >= 0.6 is 11.9 Å². The normalized spacial score (nSPS) is 26.4. The molecule has 1 unspecified atom stereocenters. The summed E-state index contributed by atoms with van der Waals surface area (Å²) in [6.45, 7) is 5.12. The number of pyridine rings is 1. The van der Waals surface area contributed by atoms with Crippen LogP contribution in [-0.4, -0.2) is 52.3 Å². The lowest BCUT2D eigenvalue weighted by atomic mass is 10.0. The second-order valence-corrected chi connectivity index (χ2v) is 7.32. The zero-order chi connectivity index (χ0) is 15.6. The molecule has 2 fully saturated rings. The average molecular weight is 327 g/mol. The molecule has 0 radical (unpaired) electrons. The van der Waals surface area contributed by atoms with Crippen LogP contribution in [0.1, 0.15) is 31.9 Å². The molecule has 2 aliphatic rings. The zero-order valence-corrected chi connectivity index (χ0v) is 13.8. The van der Waals surface area contributed by atoms with Crippen molar-refractivity contribution in [2.75, 3.05) is 26.2 Å². The van der Waals surface area contributed by atoms with Gasteiger partial charge >= 0.3 is 0 Å². The number of aromatic nitrogens is 1. The van der Waals surface area contributed by atoms with Crippen LogP contribution in [0.5, 0.6) is 0 Å². The van der Waals surface area contributed by atoms with Gasteiger partial charge in [0.2, 0.25) is 0 Å². The summed E-state index contributed by atoms with van der Waals surface area (Å²) in [7, 11) is 0. The van der Waals surface area contributed by atoms with Gasteiger partial charge in [-0.25, -0.2) is 13.1 Å². The highest BCUT2D eigenvalue weighted by Crippen LogP contribution is 2.32. The number of aryl methyl sites for hydroxylation is 1. The van der Waals surface area contributed by atoms with Gasteiger partial charge in [0, 0.05) is 61.8 Å². The number of hydrogen-bond acceptors (Lipinski definition) is 4. The van der Waals surface area contributed by atoms with E-state index in [1.165, 1.54) is 0 Å². The molecule has 22 heavy (non-hydrogen) atoms. The van der Waals surface area contributed by atoms with Crippen LogP contribution in [0.3, 0.4) is 0 Å². The van der Waals surface area contributed by atoms with E-state index < -0.39 is 5.92 Å². The van der Waals surface area contributed by atoms with Gasteiger partial charge < -0.3 is 0 Å². The monoisotopic (exact) mass is 327 g/mol. The fourth-order valence-electron chi connectivity index (χ4n) is 3.13. The Morgan fingerprint density at radius 2 is 2.05 bits per heavy atom. The Kier molecular flexibility index (Phi) is 5.00. The summed E-state index contributed by atoms with van der Waals surface area (Å²) in [5, 5.41) is 0. The van der Waals surface area contributed by atoms with Crippen LogP contribution in [0.25, 0.3) is 0 Å². The molecule has 0 N–H and O–H groups in total. The Balaban J connectivity index is 1.49. The van der Waals surface area contributed by atoms with Crippen LogP contribution in [0.4, 0.5) is 8.78 Å². The van der Waals surface area contributed by atoms with Crippen LogP contribution in [0.15, 0.2) is 23.2 Å². The predicted molar refractivity (Wildman–Crippen MR) is 85.2 cm³/mol. The highest BCUT2D eigenvalue weighted by atomic mass is 32.2. The van der Waals surface area contributed by atoms with Gasteiger partial charge in [-0.3, -0.25) is 9.88 Å². The Hall–Kier alpha value is -0.720. The lowest BCUT2D eigenvalue weighted by Gasteiger charge is -2.35. The Morgan fingerprint density at radius 3 is 2.68 bits per heavy atom. The van der Waals surface area contributed by atoms with Gasteiger partial charge in [-0.15, -0.1) is 0 Å². The molecule has 1 aromatic heterocycles. The highest BCUT2D eigenvalue weighted by molar-refractivity contribution is 7.97. The van der Waals surface area contributed by atoms with E-state index in [0.717, 1.165) is 36.5 Å². The fourth-order valence-corrected chi connectivity index (χ4v) is 4.10. The summed E-state index contributed by atoms with van der Waals surface area (Å²) < 4.78 is 28.8. The van der Waals surface area contributed by atoms with Crippen molar-refractivity contribution >= 4 is 11.9 Å². The van der Waals surface area contributed by atoms with Crippen LogP contribution < -0.4 is 0 Å². The Bertz CT molecular complexity index is 485. The summed E-state index contributed by atoms with van der Waals surface area (Å²) in [4.78, 5) is 7.82. The van der Waals surface area contributed by atoms with Gasteiger partial charge in [0.15, 0.2) is 0 Å². The average Bonchev–Trinajstić information content (AvgIpc) is 2.96. The minimum absolute atomic E-state index is 0.0129. The summed E-state index contributed by atoms with van der Waals surface area (Å²) in [6, 6.07) is 4.61. The zero-order valence-electron chi connectivity index (χ0n) is 13.0. The molecule has 3 heterocycles. The maximum atomic E-state index is 13.2. The standard InChI is InChI=1S/C16H23F2N3S/c1-2-13-3-4-15(11-19-13)22-21-8-5-14(12-21)20-9-6-16(17,18)7-10-20/h3-4,11,14H,2,5-10,12H2,1H3. The minimum atomic E-state index is -2.45. The number of piperidine rings is 1. The van der Waals surface area contributed by atoms with Gasteiger partial charge in [-0.05, 0) is 36.9 Å². The van der Waals surface area contributed by atoms with Crippen molar-refractivity contribution in [2.45, 2.75) is 49.5 Å². The molecule has 0 saturated carbocycles. The predicted octanol–water partition coefficient (Wildman–Crippen LogP) is 3.46. The third-order valence-corrected chi connectivity index (χ3v) is 5.61. The first-order chi connectivity index (χ1) is 10.6. The molecule has 2 aliphatic heterocycles. The first-order valence-electron chi connectivity index (χ1n) is 8.05. The molecule has 0 bridgehead atoms. The van der Waals surface area contributed by atoms with Gasteiger partial charge in [-0.2, -0.15) is 0 Å². The Labute approximate surface area is 135 Å². The van der Waals surface area contributed by atoms with Crippen molar-refractivity contribution in [3.63, 3.8) is 0 Å². The molecule has 3 rings (SSSR count). The largest absolute Gasteiger partial charge is 0.299 e. The molecule has 6 heteroatoms. The van der Waals surface area contributed by atoms with Gasteiger partial charge in [0.1, 0.15) is 0 Å². The topological polar surface area (TPSA) is 19.4 Å². The van der Waals surface area contributed by atoms with Gasteiger partial charge in [0.05, 0.1) is 0 Å². The molecule has 2 saturated heterocycles. The van der Waals surface area contributed by atoms with Crippen molar-refractivity contribution in [1.82, 2.24) is 14.2 Å². The van der Waals surface area contributed by atoms with Gasteiger partial charge in [-0.1, -0.05) is 6.92 Å². The van der Waals surface area contributed by atoms with E-state index in [1.807, 2.05) is 6.20 Å². The maximum absolute atomic E-state index is 13.2. The quantitative estimate of drug-likeness (QED) is 0.789. The summed E-state index contributed by atoms with van der Waals surface area (Å²) in [6.07, 6.45) is 3.98. The highest BCUT2D eigenvalue weighted by Gasteiger charge is 2.38. The Morgan fingerprint density at radius 1 is 1.27 bits per heavy atom. The molecule has 0 amide bonds. The van der Waals surface area contributed by atoms with Crippen molar-refractivity contribution < 1.29 is 8.78 Å². The molecule has 122 valence electrons. The van der Waals surface area contributed by atoms with E-state index in [9.17, 15) is 8.78 Å². The van der Waals surface area contributed by atoms with Crippen molar-refractivity contribution in [2.24, 2.45) is 0 Å². The summed E-state index contributed by atoms with van der Waals surface area (Å²) >= 11 is 1.73. The molecule has 1 atom stereocenters. The fraction of sp³-hybridized carbons (Fsp3) is 0.688. The number of nitrogens with zero attached hydrogens (tertiary/aromatic N) is 3. The van der Waals surface area contributed by atoms with E-state index in [1.54, 1.807) is 11.9 Å². The lowest BCUT2D eigenvalue weighted by molar-refractivity contribution is -0.0617. The van der Waals surface area contributed by atoms with E-state index in [4.69, 9.17) is 0 Å². The first-order valence-corrected chi connectivity index (χ1v) is 8.83. The number of halogens is 2. The van der Waals surface area contributed by atoms with Crippen LogP contribution in [-0.2, 0) is 6.42 Å². The number of likely N-dealkylation sites (tertiary alicyclic amines) is 1. The maximum Gasteiger partial charge on any atom is 0.250 e. The number of alkyl halides is 2. The number of rotatable bonds is 4. The molecular formula is C16H23F2N3S. The van der Waals surface area contributed by atoms with Crippen molar-refractivity contribution in [1.29, 1.82) is 0 Å². The molecule has 3 nitrogen and oxygen atoms in total. The van der Waals surface area contributed by atoms with E-state index in [0.29, 0.717) is 19.1 Å². The molecule has 1 aromatic rings. The second-order valence-electron chi connectivity index (χ2n) is 6.15. The molecule has 0 spiro atoms. The van der Waals surface area contributed by atoms with Crippen molar-refractivity contribution in [3.05, 3.63) is 24.0 Å². The van der Waals surface area contributed by atoms with Crippen LogP contribution in [0.2, 0.25) is 0 Å². The molecule has 0 aromatic carbocycles. The van der Waals surface area contributed by atoms with Gasteiger partial charge in [0.25, 0.3) is 5.92 Å². The lowest BCUT2D eigenvalue weighted by Crippen LogP contribution is -2.45. The summed E-state index contributed by atoms with van der Waals surface area (Å²) in [5.74, 6) is -2.45. The summed E-state index contributed by atoms with van der Waals surface area (Å²) in [5.41, 5.74) is 1.11. The SMILES string of the molecule is CCc1ccc(SN2CCC(N3CCC(F)(F)CC3)C2)cn1. The molecular weight excluding hydrogens is 304 g/mol. The minimum Gasteiger partial charge on any atom is -0.299 e. The van der Waals surface area contributed by atoms with E-state index in [-0.39, 0.29) is 12.8 Å². The van der Waals surface area contributed by atoms with E-state index >= 15 is 0 Å². The third kappa shape index (κ3) is 3.97. The number of hydrogen-bond donors (Lipinski definition) is 0. The van der Waals surface area contributed by atoms with E-state index in [2.05, 4.69) is 33.2 Å². The molecule has 0 aliphatic carbocycles. The third-order valence-electron chi connectivity index (χ3n) is 4.57. The smallest absolute Gasteiger partial charge is 0.250 e.